The third kappa shape index (κ3) is 4.53. The zero-order valence-corrected chi connectivity index (χ0v) is 17.5. The first kappa shape index (κ1) is 20.3. The van der Waals surface area contributed by atoms with E-state index in [4.69, 9.17) is 4.98 Å². The number of halogens is 1. The Morgan fingerprint density at radius 1 is 1.22 bits per heavy atom. The Morgan fingerprint density at radius 3 is 2.59 bits per heavy atom. The van der Waals surface area contributed by atoms with E-state index in [0.717, 1.165) is 61.7 Å². The number of aryl methyl sites for hydroxylation is 1. The number of amides is 1. The summed E-state index contributed by atoms with van der Waals surface area (Å²) in [5, 5.41) is 6.52. The number of carbonyl (C=O) groups excluding carboxylic acids is 1. The number of hydrogen-bond acceptors (Lipinski definition) is 4. The summed E-state index contributed by atoms with van der Waals surface area (Å²) in [6.45, 7) is 6.22. The van der Waals surface area contributed by atoms with E-state index < -0.39 is 0 Å². The fourth-order valence-corrected chi connectivity index (χ4v) is 4.95. The molecule has 2 saturated heterocycles. The van der Waals surface area contributed by atoms with Crippen LogP contribution in [0.3, 0.4) is 0 Å². The van der Waals surface area contributed by atoms with Crippen LogP contribution in [-0.2, 0) is 17.6 Å². The topological polar surface area (TPSA) is 45.2 Å². The SMILES string of the molecule is CCc1ccc(-c2nc(CC(=O)N3CCC4(CCNC4)CC3)cs2)cc1.Cl. The van der Waals surface area contributed by atoms with Crippen molar-refractivity contribution >= 4 is 29.7 Å². The minimum Gasteiger partial charge on any atom is -0.342 e. The number of rotatable bonds is 4. The van der Waals surface area contributed by atoms with Gasteiger partial charge in [-0.25, -0.2) is 4.98 Å². The van der Waals surface area contributed by atoms with Crippen molar-refractivity contribution in [2.24, 2.45) is 5.41 Å². The second-order valence-electron chi connectivity index (χ2n) is 7.68. The molecule has 0 unspecified atom stereocenters. The van der Waals surface area contributed by atoms with E-state index in [2.05, 4.69) is 36.5 Å². The van der Waals surface area contributed by atoms with Gasteiger partial charge in [-0.2, -0.15) is 0 Å². The standard InChI is InChI=1S/C21H27N3OS.ClH/c1-2-16-3-5-17(6-4-16)20-23-18(14-26-20)13-19(25)24-11-8-21(9-12-24)7-10-22-15-21;/h3-6,14,22H,2,7-13,15H2,1H3;1H. The van der Waals surface area contributed by atoms with Gasteiger partial charge in [0.15, 0.2) is 0 Å². The van der Waals surface area contributed by atoms with Gasteiger partial charge in [-0.1, -0.05) is 31.2 Å². The molecule has 0 radical (unpaired) electrons. The first-order valence-electron chi connectivity index (χ1n) is 9.70. The Hall–Kier alpha value is -1.43. The molecule has 2 aliphatic rings. The second kappa shape index (κ2) is 8.72. The molecule has 0 atom stereocenters. The van der Waals surface area contributed by atoms with Crippen molar-refractivity contribution in [3.05, 3.63) is 40.9 Å². The average Bonchev–Trinajstić information content (AvgIpc) is 3.32. The van der Waals surface area contributed by atoms with Crippen LogP contribution in [0.4, 0.5) is 0 Å². The molecule has 1 spiro atoms. The van der Waals surface area contributed by atoms with Crippen LogP contribution in [0.5, 0.6) is 0 Å². The minimum atomic E-state index is 0. The monoisotopic (exact) mass is 405 g/mol. The number of aromatic nitrogens is 1. The molecule has 1 N–H and O–H groups in total. The van der Waals surface area contributed by atoms with Crippen LogP contribution in [0.25, 0.3) is 10.6 Å². The number of piperidine rings is 1. The molecular formula is C21H28ClN3OS. The number of nitrogens with one attached hydrogen (secondary N) is 1. The van der Waals surface area contributed by atoms with Gasteiger partial charge in [-0.15, -0.1) is 23.7 Å². The van der Waals surface area contributed by atoms with E-state index in [0.29, 0.717) is 11.8 Å². The summed E-state index contributed by atoms with van der Waals surface area (Å²) in [7, 11) is 0. The predicted molar refractivity (Wildman–Crippen MR) is 114 cm³/mol. The van der Waals surface area contributed by atoms with Crippen LogP contribution < -0.4 is 5.32 Å². The number of carbonyl (C=O) groups is 1. The van der Waals surface area contributed by atoms with Crippen molar-refractivity contribution in [2.45, 2.75) is 39.0 Å². The lowest BCUT2D eigenvalue weighted by Gasteiger charge is -2.38. The summed E-state index contributed by atoms with van der Waals surface area (Å²) >= 11 is 1.63. The Morgan fingerprint density at radius 2 is 1.96 bits per heavy atom. The van der Waals surface area contributed by atoms with Gasteiger partial charge in [0.05, 0.1) is 12.1 Å². The van der Waals surface area contributed by atoms with Gasteiger partial charge in [-0.05, 0) is 43.2 Å². The molecule has 0 bridgehead atoms. The van der Waals surface area contributed by atoms with E-state index in [-0.39, 0.29) is 18.3 Å². The van der Waals surface area contributed by atoms with E-state index in [9.17, 15) is 4.79 Å². The average molecular weight is 406 g/mol. The number of benzene rings is 1. The van der Waals surface area contributed by atoms with Gasteiger partial charge in [0.1, 0.15) is 5.01 Å². The third-order valence-electron chi connectivity index (χ3n) is 6.00. The number of nitrogens with zero attached hydrogens (tertiary/aromatic N) is 2. The van der Waals surface area contributed by atoms with E-state index in [1.807, 2.05) is 10.3 Å². The molecule has 3 heterocycles. The summed E-state index contributed by atoms with van der Waals surface area (Å²) < 4.78 is 0. The molecule has 1 aromatic heterocycles. The zero-order chi connectivity index (χ0) is 18.0. The van der Waals surface area contributed by atoms with Gasteiger partial charge in [-0.3, -0.25) is 4.79 Å². The molecule has 2 fully saturated rings. The van der Waals surface area contributed by atoms with E-state index >= 15 is 0 Å². The van der Waals surface area contributed by atoms with E-state index in [1.165, 1.54) is 12.0 Å². The van der Waals surface area contributed by atoms with Crippen LogP contribution in [0.2, 0.25) is 0 Å². The Bertz CT molecular complexity index is 758. The van der Waals surface area contributed by atoms with Gasteiger partial charge in [0.25, 0.3) is 0 Å². The fourth-order valence-electron chi connectivity index (χ4n) is 4.12. The molecule has 0 aliphatic carbocycles. The molecule has 146 valence electrons. The van der Waals surface area contributed by atoms with Crippen molar-refractivity contribution in [3.8, 4) is 10.6 Å². The summed E-state index contributed by atoms with van der Waals surface area (Å²) in [6.07, 6.45) is 5.01. The van der Waals surface area contributed by atoms with Crippen molar-refractivity contribution in [2.75, 3.05) is 26.2 Å². The fraction of sp³-hybridized carbons (Fsp3) is 0.524. The van der Waals surface area contributed by atoms with Crippen LogP contribution in [-0.4, -0.2) is 42.0 Å². The molecule has 4 nitrogen and oxygen atoms in total. The highest BCUT2D eigenvalue weighted by molar-refractivity contribution is 7.13. The lowest BCUT2D eigenvalue weighted by molar-refractivity contribution is -0.132. The highest BCUT2D eigenvalue weighted by Crippen LogP contribution is 2.37. The summed E-state index contributed by atoms with van der Waals surface area (Å²) in [5.74, 6) is 0.226. The van der Waals surface area contributed by atoms with Crippen LogP contribution >= 0.6 is 23.7 Å². The molecule has 4 rings (SSSR count). The van der Waals surface area contributed by atoms with Crippen LogP contribution in [0.1, 0.15) is 37.4 Å². The van der Waals surface area contributed by atoms with Crippen molar-refractivity contribution in [1.29, 1.82) is 0 Å². The van der Waals surface area contributed by atoms with Crippen LogP contribution in [0.15, 0.2) is 29.6 Å². The Labute approximate surface area is 171 Å². The highest BCUT2D eigenvalue weighted by Gasteiger charge is 2.37. The number of thiazole rings is 1. The van der Waals surface area contributed by atoms with Gasteiger partial charge in [0.2, 0.25) is 5.91 Å². The first-order chi connectivity index (χ1) is 12.7. The second-order valence-corrected chi connectivity index (χ2v) is 8.54. The molecule has 2 aromatic rings. The lowest BCUT2D eigenvalue weighted by atomic mass is 9.78. The normalized spacial score (nSPS) is 18.5. The van der Waals surface area contributed by atoms with Crippen molar-refractivity contribution in [3.63, 3.8) is 0 Å². The molecule has 6 heteroatoms. The summed E-state index contributed by atoms with van der Waals surface area (Å²) in [6, 6.07) is 8.57. The maximum absolute atomic E-state index is 12.7. The Kier molecular flexibility index (Phi) is 6.56. The quantitative estimate of drug-likeness (QED) is 0.837. The minimum absolute atomic E-state index is 0. The molecule has 27 heavy (non-hydrogen) atoms. The van der Waals surface area contributed by atoms with Crippen LogP contribution in [0, 0.1) is 5.41 Å². The summed E-state index contributed by atoms with van der Waals surface area (Å²) in [5.41, 5.74) is 3.83. The molecule has 1 aromatic carbocycles. The molecule has 1 amide bonds. The molecular weight excluding hydrogens is 378 g/mol. The van der Waals surface area contributed by atoms with Gasteiger partial charge < -0.3 is 10.2 Å². The zero-order valence-electron chi connectivity index (χ0n) is 15.9. The molecule has 0 saturated carbocycles. The van der Waals surface area contributed by atoms with Gasteiger partial charge >= 0.3 is 0 Å². The maximum atomic E-state index is 12.7. The first-order valence-corrected chi connectivity index (χ1v) is 10.6. The van der Waals surface area contributed by atoms with Crippen molar-refractivity contribution in [1.82, 2.24) is 15.2 Å². The van der Waals surface area contributed by atoms with Gasteiger partial charge in [0, 0.05) is 30.6 Å². The summed E-state index contributed by atoms with van der Waals surface area (Å²) in [4.78, 5) is 19.4. The highest BCUT2D eigenvalue weighted by atomic mass is 35.5. The lowest BCUT2D eigenvalue weighted by Crippen LogP contribution is -2.44. The largest absolute Gasteiger partial charge is 0.342 e. The van der Waals surface area contributed by atoms with E-state index in [1.54, 1.807) is 11.3 Å². The Balaban J connectivity index is 0.00000210. The van der Waals surface area contributed by atoms with Crippen molar-refractivity contribution < 1.29 is 4.79 Å². The third-order valence-corrected chi connectivity index (χ3v) is 6.94. The number of likely N-dealkylation sites (tertiary alicyclic amines) is 1. The predicted octanol–water partition coefficient (Wildman–Crippen LogP) is 3.94. The number of hydrogen-bond donors (Lipinski definition) is 1. The maximum Gasteiger partial charge on any atom is 0.228 e. The smallest absolute Gasteiger partial charge is 0.228 e. The molecule has 2 aliphatic heterocycles.